The molecule has 0 aromatic rings. The third-order valence-corrected chi connectivity index (χ3v) is 2.62. The van der Waals surface area contributed by atoms with E-state index in [9.17, 15) is 5.11 Å². The van der Waals surface area contributed by atoms with Crippen molar-refractivity contribution in [1.29, 1.82) is 0 Å². The van der Waals surface area contributed by atoms with Crippen LogP contribution in [0.25, 0.3) is 0 Å². The summed E-state index contributed by atoms with van der Waals surface area (Å²) in [5, 5.41) is 8.32. The fourth-order valence-corrected chi connectivity index (χ4v) is 1.24. The second-order valence-electron chi connectivity index (χ2n) is 2.19. The van der Waals surface area contributed by atoms with E-state index in [1.165, 1.54) is 13.2 Å². The summed E-state index contributed by atoms with van der Waals surface area (Å²) in [7, 11) is 1.39. The molecular weight excluding hydrogens is 187 g/mol. The highest BCUT2D eigenvalue weighted by Gasteiger charge is 2.39. The first-order chi connectivity index (χ1) is 5.11. The molecule has 0 fully saturated rings. The van der Waals surface area contributed by atoms with E-state index >= 15 is 0 Å². The SMILES string of the molecule is COC1(Cl)C(Cl)=CC=CC1O. The molecule has 4 heteroatoms. The minimum absolute atomic E-state index is 0.289. The van der Waals surface area contributed by atoms with E-state index in [2.05, 4.69) is 0 Å². The Morgan fingerprint density at radius 2 is 2.36 bits per heavy atom. The van der Waals surface area contributed by atoms with Gasteiger partial charge in [-0.3, -0.25) is 0 Å². The Balaban J connectivity index is 2.94. The van der Waals surface area contributed by atoms with Crippen molar-refractivity contribution < 1.29 is 9.84 Å². The summed E-state index contributed by atoms with van der Waals surface area (Å²) >= 11 is 11.5. The highest BCUT2D eigenvalue weighted by atomic mass is 35.5. The van der Waals surface area contributed by atoms with Gasteiger partial charge in [0.1, 0.15) is 6.10 Å². The van der Waals surface area contributed by atoms with Gasteiger partial charge in [0, 0.05) is 7.11 Å². The van der Waals surface area contributed by atoms with Crippen LogP contribution in [0, 0.1) is 0 Å². The largest absolute Gasteiger partial charge is 0.384 e. The lowest BCUT2D eigenvalue weighted by atomic mass is 10.1. The minimum atomic E-state index is -1.30. The van der Waals surface area contributed by atoms with Gasteiger partial charge in [-0.25, -0.2) is 0 Å². The Labute approximate surface area is 75.1 Å². The fourth-order valence-electron chi connectivity index (χ4n) is 0.842. The molecule has 0 spiro atoms. The van der Waals surface area contributed by atoms with Crippen LogP contribution in [-0.4, -0.2) is 23.4 Å². The van der Waals surface area contributed by atoms with Crippen LogP contribution in [0.3, 0.4) is 0 Å². The lowest BCUT2D eigenvalue weighted by Gasteiger charge is -2.30. The van der Waals surface area contributed by atoms with Gasteiger partial charge >= 0.3 is 0 Å². The molecule has 1 N–H and O–H groups in total. The molecule has 62 valence electrons. The number of aliphatic hydroxyl groups excluding tert-OH is 1. The molecule has 0 aromatic heterocycles. The zero-order valence-corrected chi connectivity index (χ0v) is 7.43. The van der Waals surface area contributed by atoms with Crippen LogP contribution in [0.1, 0.15) is 0 Å². The Morgan fingerprint density at radius 1 is 1.73 bits per heavy atom. The Kier molecular flexibility index (Phi) is 2.60. The summed E-state index contributed by atoms with van der Waals surface area (Å²) in [6.45, 7) is 0. The van der Waals surface area contributed by atoms with E-state index in [1.54, 1.807) is 12.2 Å². The molecule has 0 saturated heterocycles. The first kappa shape index (κ1) is 9.07. The first-order valence-electron chi connectivity index (χ1n) is 3.08. The van der Waals surface area contributed by atoms with Gasteiger partial charge < -0.3 is 9.84 Å². The number of rotatable bonds is 1. The van der Waals surface area contributed by atoms with E-state index in [0.717, 1.165) is 0 Å². The maximum Gasteiger partial charge on any atom is 0.206 e. The zero-order valence-electron chi connectivity index (χ0n) is 5.92. The smallest absolute Gasteiger partial charge is 0.206 e. The van der Waals surface area contributed by atoms with E-state index in [0.29, 0.717) is 0 Å². The van der Waals surface area contributed by atoms with E-state index in [4.69, 9.17) is 27.9 Å². The topological polar surface area (TPSA) is 29.5 Å². The average Bonchev–Trinajstić information content (AvgIpc) is 2.00. The van der Waals surface area contributed by atoms with Gasteiger partial charge in [-0.1, -0.05) is 35.4 Å². The Bertz CT molecular complexity index is 212. The predicted molar refractivity (Wildman–Crippen MR) is 44.7 cm³/mol. The number of ether oxygens (including phenoxy) is 1. The molecule has 0 aliphatic heterocycles. The summed E-state index contributed by atoms with van der Waals surface area (Å²) in [6, 6.07) is 0. The van der Waals surface area contributed by atoms with Crippen molar-refractivity contribution in [3.63, 3.8) is 0 Å². The number of halogens is 2. The average molecular weight is 195 g/mol. The molecule has 2 nitrogen and oxygen atoms in total. The standard InChI is InChI=1S/C7H8Cl2O2/c1-11-7(9)5(8)3-2-4-6(7)10/h2-4,6,10H,1H3. The highest BCUT2D eigenvalue weighted by molar-refractivity contribution is 6.39. The molecule has 0 aromatic carbocycles. The van der Waals surface area contributed by atoms with Crippen LogP contribution in [0.15, 0.2) is 23.3 Å². The molecule has 1 aliphatic rings. The third-order valence-electron chi connectivity index (χ3n) is 1.54. The van der Waals surface area contributed by atoms with Crippen molar-refractivity contribution in [1.82, 2.24) is 0 Å². The Morgan fingerprint density at radius 3 is 2.73 bits per heavy atom. The third kappa shape index (κ3) is 1.44. The minimum Gasteiger partial charge on any atom is -0.384 e. The number of hydrogen-bond acceptors (Lipinski definition) is 2. The molecular formula is C7H8Cl2O2. The van der Waals surface area contributed by atoms with Crippen LogP contribution < -0.4 is 0 Å². The molecule has 0 radical (unpaired) electrons. The molecule has 11 heavy (non-hydrogen) atoms. The lowest BCUT2D eigenvalue weighted by molar-refractivity contribution is 0.00740. The number of aliphatic hydroxyl groups is 1. The van der Waals surface area contributed by atoms with Crippen molar-refractivity contribution in [2.24, 2.45) is 0 Å². The van der Waals surface area contributed by atoms with Crippen molar-refractivity contribution >= 4 is 23.2 Å². The van der Waals surface area contributed by atoms with Crippen LogP contribution in [0.4, 0.5) is 0 Å². The quantitative estimate of drug-likeness (QED) is 0.644. The first-order valence-corrected chi connectivity index (χ1v) is 3.83. The number of hydrogen-bond donors (Lipinski definition) is 1. The van der Waals surface area contributed by atoms with Crippen molar-refractivity contribution in [2.45, 2.75) is 11.2 Å². The highest BCUT2D eigenvalue weighted by Crippen LogP contribution is 2.35. The monoisotopic (exact) mass is 194 g/mol. The Hall–Kier alpha value is -0.0200. The summed E-state index contributed by atoms with van der Waals surface area (Å²) in [5.74, 6) is 0. The number of methoxy groups -OCH3 is 1. The zero-order chi connectivity index (χ0) is 8.48. The molecule has 0 bridgehead atoms. The molecule has 1 rings (SSSR count). The van der Waals surface area contributed by atoms with Crippen LogP contribution in [0.5, 0.6) is 0 Å². The molecule has 2 unspecified atom stereocenters. The maximum absolute atomic E-state index is 9.33. The predicted octanol–water partition coefficient (Wildman–Crippen LogP) is 1.62. The van der Waals surface area contributed by atoms with E-state index in [-0.39, 0.29) is 5.03 Å². The molecule has 0 saturated carbocycles. The van der Waals surface area contributed by atoms with Gasteiger partial charge in [0.15, 0.2) is 0 Å². The summed E-state index contributed by atoms with van der Waals surface area (Å²) < 4.78 is 4.87. The molecule has 0 heterocycles. The van der Waals surface area contributed by atoms with Gasteiger partial charge in [0.2, 0.25) is 5.06 Å². The second kappa shape index (κ2) is 3.15. The van der Waals surface area contributed by atoms with Gasteiger partial charge in [0.25, 0.3) is 0 Å². The van der Waals surface area contributed by atoms with Crippen LogP contribution >= 0.6 is 23.2 Å². The normalized spacial score (nSPS) is 37.1. The fraction of sp³-hybridized carbons (Fsp3) is 0.429. The number of alkyl halides is 1. The van der Waals surface area contributed by atoms with Crippen LogP contribution in [-0.2, 0) is 4.74 Å². The summed E-state index contributed by atoms with van der Waals surface area (Å²) in [4.78, 5) is 0. The summed E-state index contributed by atoms with van der Waals surface area (Å²) in [5.41, 5.74) is 0. The van der Waals surface area contributed by atoms with Crippen LogP contribution in [0.2, 0.25) is 0 Å². The van der Waals surface area contributed by atoms with E-state index < -0.39 is 11.2 Å². The molecule has 1 aliphatic carbocycles. The summed E-state index contributed by atoms with van der Waals surface area (Å²) in [6.07, 6.45) is 3.84. The van der Waals surface area contributed by atoms with Crippen molar-refractivity contribution in [3.05, 3.63) is 23.3 Å². The second-order valence-corrected chi connectivity index (χ2v) is 3.16. The number of allylic oxidation sites excluding steroid dienone is 2. The van der Waals surface area contributed by atoms with Crippen molar-refractivity contribution in [3.8, 4) is 0 Å². The van der Waals surface area contributed by atoms with Gasteiger partial charge in [-0.05, 0) is 6.08 Å². The van der Waals surface area contributed by atoms with Crippen molar-refractivity contribution in [2.75, 3.05) is 7.11 Å². The van der Waals surface area contributed by atoms with Gasteiger partial charge in [-0.2, -0.15) is 0 Å². The maximum atomic E-state index is 9.33. The molecule has 0 amide bonds. The molecule has 2 atom stereocenters. The van der Waals surface area contributed by atoms with E-state index in [1.807, 2.05) is 0 Å². The van der Waals surface area contributed by atoms with Gasteiger partial charge in [-0.15, -0.1) is 0 Å². The lowest BCUT2D eigenvalue weighted by Crippen LogP contribution is -2.39. The van der Waals surface area contributed by atoms with Gasteiger partial charge in [0.05, 0.1) is 5.03 Å².